The maximum Gasteiger partial charge on any atom is 0.416 e. The number of halogens is 3. The second-order valence-corrected chi connectivity index (χ2v) is 11.2. The molecule has 1 aliphatic heterocycles. The van der Waals surface area contributed by atoms with Crippen molar-refractivity contribution in [3.8, 4) is 0 Å². The average Bonchev–Trinajstić information content (AvgIpc) is 3.25. The van der Waals surface area contributed by atoms with Gasteiger partial charge in [-0.1, -0.05) is 61.0 Å². The SMILES string of the molecule is O=C(COC(=O)CCCCCN1C(=O)[C@H]2C3c4ccccc4C(c4ccccc43)[C@@H]2C1=O)Nc1cccc(C(F)(F)F)c1. The number of ether oxygens (including phenoxy) is 1. The molecule has 1 saturated heterocycles. The van der Waals surface area contributed by atoms with E-state index in [1.165, 1.54) is 17.0 Å². The van der Waals surface area contributed by atoms with E-state index in [0.717, 1.165) is 34.4 Å². The number of imide groups is 1. The van der Waals surface area contributed by atoms with Crippen molar-refractivity contribution in [3.63, 3.8) is 0 Å². The number of alkyl halides is 3. The lowest BCUT2D eigenvalue weighted by atomic mass is 9.55. The molecule has 222 valence electrons. The number of nitrogens with one attached hydrogen (secondary N) is 1. The van der Waals surface area contributed by atoms with Crippen LogP contribution in [0.15, 0.2) is 72.8 Å². The van der Waals surface area contributed by atoms with Gasteiger partial charge < -0.3 is 10.1 Å². The Morgan fingerprint density at radius 1 is 0.767 bits per heavy atom. The highest BCUT2D eigenvalue weighted by Crippen LogP contribution is 2.60. The number of carbonyl (C=O) groups excluding carboxylic acids is 4. The van der Waals surface area contributed by atoms with Gasteiger partial charge in [-0.2, -0.15) is 13.2 Å². The standard InChI is InChI=1S/C33H29F3N2O5/c34-33(35,36)19-9-8-10-20(17-19)37-25(39)18-43-26(40)15-2-1-7-16-38-31(41)29-27-21-11-3-4-12-22(21)28(30(29)32(38)42)24-14-6-5-13-23(24)27/h3-6,8-14,17,27-30H,1-2,7,15-16,18H2,(H,37,39)/t27?,28?,29-,30-/m0/s1. The average molecular weight is 591 g/mol. The van der Waals surface area contributed by atoms with Gasteiger partial charge in [0, 0.05) is 30.5 Å². The number of anilines is 1. The van der Waals surface area contributed by atoms with E-state index in [1.54, 1.807) is 0 Å². The molecular weight excluding hydrogens is 561 g/mol. The number of unbranched alkanes of at least 4 members (excludes halogenated alkanes) is 2. The summed E-state index contributed by atoms with van der Waals surface area (Å²) in [5, 5.41) is 2.28. The number of benzene rings is 3. The Morgan fingerprint density at radius 2 is 1.33 bits per heavy atom. The van der Waals surface area contributed by atoms with Gasteiger partial charge in [-0.15, -0.1) is 0 Å². The minimum Gasteiger partial charge on any atom is -0.456 e. The molecule has 1 heterocycles. The predicted octanol–water partition coefficient (Wildman–Crippen LogP) is 5.64. The van der Waals surface area contributed by atoms with Crippen molar-refractivity contribution < 1.29 is 37.1 Å². The van der Waals surface area contributed by atoms with Gasteiger partial charge in [0.15, 0.2) is 6.61 Å². The fraction of sp³-hybridized carbons (Fsp3) is 0.333. The monoisotopic (exact) mass is 590 g/mol. The van der Waals surface area contributed by atoms with Crippen molar-refractivity contribution in [3.05, 3.63) is 101 Å². The largest absolute Gasteiger partial charge is 0.456 e. The Labute approximate surface area is 246 Å². The topological polar surface area (TPSA) is 92.8 Å². The van der Waals surface area contributed by atoms with Crippen LogP contribution >= 0.6 is 0 Å². The van der Waals surface area contributed by atoms with E-state index in [-0.39, 0.29) is 42.3 Å². The van der Waals surface area contributed by atoms with E-state index >= 15 is 0 Å². The first-order valence-electron chi connectivity index (χ1n) is 14.3. The lowest BCUT2D eigenvalue weighted by Gasteiger charge is -2.45. The van der Waals surface area contributed by atoms with E-state index in [4.69, 9.17) is 4.74 Å². The van der Waals surface area contributed by atoms with Gasteiger partial charge in [-0.25, -0.2) is 0 Å². The van der Waals surface area contributed by atoms with Gasteiger partial charge in [0.2, 0.25) is 11.8 Å². The summed E-state index contributed by atoms with van der Waals surface area (Å²) in [4.78, 5) is 52.8. The number of nitrogens with zero attached hydrogens (tertiary/aromatic N) is 1. The fourth-order valence-corrected chi connectivity index (χ4v) is 6.86. The molecule has 10 heteroatoms. The summed E-state index contributed by atoms with van der Waals surface area (Å²) in [6, 6.07) is 20.3. The van der Waals surface area contributed by atoms with E-state index < -0.39 is 42.1 Å². The number of hydrogen-bond acceptors (Lipinski definition) is 5. The van der Waals surface area contributed by atoms with Crippen molar-refractivity contribution in [2.75, 3.05) is 18.5 Å². The van der Waals surface area contributed by atoms with E-state index in [9.17, 15) is 32.3 Å². The van der Waals surface area contributed by atoms with Crippen LogP contribution in [0.2, 0.25) is 0 Å². The predicted molar refractivity (Wildman–Crippen MR) is 150 cm³/mol. The van der Waals surface area contributed by atoms with E-state index in [1.807, 2.05) is 24.3 Å². The summed E-state index contributed by atoms with van der Waals surface area (Å²) in [6.07, 6.45) is -3.00. The van der Waals surface area contributed by atoms with Crippen LogP contribution in [-0.4, -0.2) is 41.7 Å². The maximum atomic E-state index is 13.6. The van der Waals surface area contributed by atoms with Gasteiger partial charge >= 0.3 is 12.1 Å². The summed E-state index contributed by atoms with van der Waals surface area (Å²) in [7, 11) is 0. The lowest BCUT2D eigenvalue weighted by molar-refractivity contribution is -0.147. The van der Waals surface area contributed by atoms with E-state index in [0.29, 0.717) is 19.3 Å². The van der Waals surface area contributed by atoms with Gasteiger partial charge in [-0.05, 0) is 53.3 Å². The van der Waals surface area contributed by atoms with Crippen LogP contribution in [0.25, 0.3) is 0 Å². The van der Waals surface area contributed by atoms with Crippen LogP contribution in [0.1, 0.15) is 65.3 Å². The van der Waals surface area contributed by atoms with Crippen molar-refractivity contribution >= 4 is 29.4 Å². The number of esters is 1. The summed E-state index contributed by atoms with van der Waals surface area (Å²) >= 11 is 0. The Hall–Kier alpha value is -4.47. The third-order valence-corrected chi connectivity index (χ3v) is 8.64. The first-order valence-corrected chi connectivity index (χ1v) is 14.3. The summed E-state index contributed by atoms with van der Waals surface area (Å²) in [5.41, 5.74) is 3.54. The molecule has 0 radical (unpaired) electrons. The van der Waals surface area contributed by atoms with Crippen molar-refractivity contribution in [1.29, 1.82) is 0 Å². The maximum absolute atomic E-state index is 13.6. The minimum atomic E-state index is -4.54. The molecule has 2 bridgehead atoms. The molecule has 43 heavy (non-hydrogen) atoms. The van der Waals surface area contributed by atoms with Crippen molar-refractivity contribution in [1.82, 2.24) is 4.90 Å². The molecule has 3 aliphatic carbocycles. The van der Waals surface area contributed by atoms with Gasteiger partial charge in [0.25, 0.3) is 5.91 Å². The molecule has 3 aromatic rings. The highest BCUT2D eigenvalue weighted by atomic mass is 19.4. The number of carbonyl (C=O) groups is 4. The van der Waals surface area contributed by atoms with Crippen LogP contribution in [-0.2, 0) is 30.1 Å². The molecule has 2 atom stereocenters. The highest BCUT2D eigenvalue weighted by Gasteiger charge is 2.61. The van der Waals surface area contributed by atoms with Crippen molar-refractivity contribution in [2.45, 2.75) is 43.7 Å². The third kappa shape index (κ3) is 5.30. The molecule has 0 saturated carbocycles. The quantitative estimate of drug-likeness (QED) is 0.198. The van der Waals surface area contributed by atoms with Crippen LogP contribution in [0.4, 0.5) is 18.9 Å². The molecule has 0 unspecified atom stereocenters. The zero-order valence-corrected chi connectivity index (χ0v) is 23.1. The van der Waals surface area contributed by atoms with Gasteiger partial charge in [-0.3, -0.25) is 24.1 Å². The third-order valence-electron chi connectivity index (χ3n) is 8.64. The first-order chi connectivity index (χ1) is 20.6. The van der Waals surface area contributed by atoms with Crippen LogP contribution < -0.4 is 5.32 Å². The Balaban J connectivity index is 0.979. The van der Waals surface area contributed by atoms with Crippen LogP contribution in [0, 0.1) is 11.8 Å². The second-order valence-electron chi connectivity index (χ2n) is 11.2. The first kappa shape index (κ1) is 28.6. The molecule has 1 fully saturated rings. The zero-order valence-electron chi connectivity index (χ0n) is 23.1. The van der Waals surface area contributed by atoms with Crippen LogP contribution in [0.5, 0.6) is 0 Å². The molecular formula is C33H29F3N2O5. The zero-order chi connectivity index (χ0) is 30.3. The number of amides is 3. The van der Waals surface area contributed by atoms with E-state index in [2.05, 4.69) is 29.6 Å². The molecule has 0 aromatic heterocycles. The van der Waals surface area contributed by atoms with Crippen molar-refractivity contribution in [2.24, 2.45) is 11.8 Å². The number of rotatable bonds is 9. The summed E-state index contributed by atoms with van der Waals surface area (Å²) in [5.74, 6) is -2.78. The number of hydrogen-bond donors (Lipinski definition) is 1. The van der Waals surface area contributed by atoms with Crippen LogP contribution in [0.3, 0.4) is 0 Å². The normalized spacial score (nSPS) is 21.7. The molecule has 7 rings (SSSR count). The van der Waals surface area contributed by atoms with Gasteiger partial charge in [0.1, 0.15) is 0 Å². The molecule has 1 N–H and O–H groups in total. The van der Waals surface area contributed by atoms with Gasteiger partial charge in [0.05, 0.1) is 17.4 Å². The number of likely N-dealkylation sites (tertiary alicyclic amines) is 1. The second kappa shape index (κ2) is 11.3. The Kier molecular flexibility index (Phi) is 7.54. The molecule has 4 aliphatic rings. The Morgan fingerprint density at radius 3 is 1.86 bits per heavy atom. The molecule has 3 amide bonds. The summed E-state index contributed by atoms with van der Waals surface area (Å²) < 4.78 is 43.5. The summed E-state index contributed by atoms with van der Waals surface area (Å²) in [6.45, 7) is -0.354. The fourth-order valence-electron chi connectivity index (χ4n) is 6.86. The molecule has 0 spiro atoms. The minimum absolute atomic E-state index is 0.0265. The smallest absolute Gasteiger partial charge is 0.416 e. The molecule has 3 aromatic carbocycles. The highest BCUT2D eigenvalue weighted by molar-refractivity contribution is 6.07. The lowest BCUT2D eigenvalue weighted by Crippen LogP contribution is -2.41. The molecule has 7 nitrogen and oxygen atoms in total. The Bertz CT molecular complexity index is 1490.